The average Bonchev–Trinajstić information content (AvgIpc) is 3.36. The number of hydrogen-bond donors (Lipinski definition) is 0. The third-order valence-electron chi connectivity index (χ3n) is 13.0. The molecular formula is C64H112O6. The van der Waals surface area contributed by atoms with Gasteiger partial charge in [0, 0.05) is 19.3 Å². The molecule has 0 amide bonds. The van der Waals surface area contributed by atoms with Crippen molar-refractivity contribution in [2.45, 2.75) is 303 Å². The first kappa shape index (κ1) is 66.9. The summed E-state index contributed by atoms with van der Waals surface area (Å²) in [4.78, 5) is 38.2. The maximum atomic E-state index is 12.9. The molecule has 0 aliphatic heterocycles. The fourth-order valence-electron chi connectivity index (χ4n) is 8.53. The summed E-state index contributed by atoms with van der Waals surface area (Å²) in [6.45, 7) is 6.50. The Bertz CT molecular complexity index is 1310. The minimum Gasteiger partial charge on any atom is -0.462 e. The Morgan fingerprint density at radius 3 is 0.871 bits per heavy atom. The lowest BCUT2D eigenvalue weighted by Gasteiger charge is -2.18. The minimum absolute atomic E-state index is 0.0943. The molecule has 0 fully saturated rings. The first-order valence-corrected chi connectivity index (χ1v) is 29.9. The van der Waals surface area contributed by atoms with E-state index in [0.717, 1.165) is 77.0 Å². The Morgan fingerprint density at radius 1 is 0.300 bits per heavy atom. The molecule has 0 saturated carbocycles. The van der Waals surface area contributed by atoms with Crippen LogP contribution in [0.25, 0.3) is 0 Å². The van der Waals surface area contributed by atoms with E-state index in [-0.39, 0.29) is 37.5 Å². The number of allylic oxidation sites excluding steroid dienone is 12. The molecule has 0 aromatic heterocycles. The lowest BCUT2D eigenvalue weighted by Crippen LogP contribution is -2.30. The van der Waals surface area contributed by atoms with Gasteiger partial charge < -0.3 is 14.2 Å². The minimum atomic E-state index is -0.803. The van der Waals surface area contributed by atoms with Crippen LogP contribution in [0.2, 0.25) is 0 Å². The number of carbonyl (C=O) groups is 3. The fraction of sp³-hybridized carbons (Fsp3) is 0.766. The van der Waals surface area contributed by atoms with Crippen LogP contribution in [0.1, 0.15) is 297 Å². The summed E-state index contributed by atoms with van der Waals surface area (Å²) in [6, 6.07) is 0. The van der Waals surface area contributed by atoms with Gasteiger partial charge in [0.25, 0.3) is 0 Å². The summed E-state index contributed by atoms with van der Waals surface area (Å²) in [5.41, 5.74) is 0. The van der Waals surface area contributed by atoms with Crippen LogP contribution in [-0.2, 0) is 28.6 Å². The van der Waals surface area contributed by atoms with Gasteiger partial charge in [-0.1, -0.05) is 293 Å². The molecule has 404 valence electrons. The standard InChI is InChI=1S/C64H112O6/c1-4-7-10-13-16-19-22-25-28-31-32-34-36-39-42-45-48-51-54-57-63(66)69-60-61(59-68-62(65)56-53-50-47-44-41-38-35-30-27-24-21-18-15-12-9-6-3)70-64(67)58-55-52-49-46-43-40-37-33-29-26-23-20-17-14-11-8-5-2/h7,10,16,19,25,28,32,34,39,42,48,51,61H,4-6,8-9,11-15,17-18,20-24,26-27,29-31,33,35-38,40-41,43-47,49-50,52-60H2,1-3H3/b10-7-,19-16-,28-25-,34-32-,42-39-,51-48-/t61-/m1/s1. The highest BCUT2D eigenvalue weighted by atomic mass is 16.6. The number of hydrogen-bond acceptors (Lipinski definition) is 6. The average molecular weight is 978 g/mol. The highest BCUT2D eigenvalue weighted by molar-refractivity contribution is 5.71. The van der Waals surface area contributed by atoms with Crippen LogP contribution < -0.4 is 0 Å². The van der Waals surface area contributed by atoms with E-state index >= 15 is 0 Å². The van der Waals surface area contributed by atoms with E-state index in [1.807, 2.05) is 6.08 Å². The molecule has 6 nitrogen and oxygen atoms in total. The fourth-order valence-corrected chi connectivity index (χ4v) is 8.53. The number of unbranched alkanes of at least 4 members (excludes halogenated alkanes) is 31. The lowest BCUT2D eigenvalue weighted by atomic mass is 10.0. The molecule has 0 rings (SSSR count). The van der Waals surface area contributed by atoms with Crippen molar-refractivity contribution in [3.8, 4) is 0 Å². The summed E-state index contributed by atoms with van der Waals surface area (Å²) >= 11 is 0. The van der Waals surface area contributed by atoms with Crippen molar-refractivity contribution < 1.29 is 28.6 Å². The largest absolute Gasteiger partial charge is 0.462 e. The molecule has 70 heavy (non-hydrogen) atoms. The topological polar surface area (TPSA) is 78.9 Å². The second-order valence-corrected chi connectivity index (χ2v) is 19.9. The number of esters is 3. The van der Waals surface area contributed by atoms with E-state index in [1.165, 1.54) is 173 Å². The predicted octanol–water partition coefficient (Wildman–Crippen LogP) is 20.2. The van der Waals surface area contributed by atoms with E-state index < -0.39 is 6.10 Å². The van der Waals surface area contributed by atoms with Gasteiger partial charge in [0.1, 0.15) is 13.2 Å². The first-order chi connectivity index (χ1) is 34.5. The molecule has 0 aliphatic rings. The Labute approximate surface area is 433 Å². The molecule has 1 atom stereocenters. The van der Waals surface area contributed by atoms with Crippen molar-refractivity contribution in [1.82, 2.24) is 0 Å². The molecule has 0 saturated heterocycles. The zero-order valence-corrected chi connectivity index (χ0v) is 46.3. The van der Waals surface area contributed by atoms with Crippen molar-refractivity contribution >= 4 is 17.9 Å². The van der Waals surface area contributed by atoms with E-state index in [0.29, 0.717) is 19.3 Å². The Hall–Kier alpha value is -3.15. The Balaban J connectivity index is 4.46. The van der Waals surface area contributed by atoms with E-state index in [1.54, 1.807) is 0 Å². The van der Waals surface area contributed by atoms with Crippen molar-refractivity contribution in [2.24, 2.45) is 0 Å². The molecule has 0 radical (unpaired) electrons. The molecule has 0 N–H and O–H groups in total. The third-order valence-corrected chi connectivity index (χ3v) is 13.0. The molecule has 0 spiro atoms. The molecule has 0 heterocycles. The number of rotatable bonds is 54. The quantitative estimate of drug-likeness (QED) is 0.0261. The Morgan fingerprint density at radius 2 is 0.557 bits per heavy atom. The highest BCUT2D eigenvalue weighted by Crippen LogP contribution is 2.17. The summed E-state index contributed by atoms with van der Waals surface area (Å²) in [7, 11) is 0. The van der Waals surface area contributed by atoms with Gasteiger partial charge in [0.2, 0.25) is 0 Å². The number of ether oxygens (including phenoxy) is 3. The number of carbonyl (C=O) groups excluding carboxylic acids is 3. The molecule has 0 aromatic carbocycles. The summed E-state index contributed by atoms with van der Waals surface area (Å²) in [6.07, 6.45) is 74.8. The van der Waals surface area contributed by atoms with E-state index in [4.69, 9.17) is 14.2 Å². The third kappa shape index (κ3) is 55.8. The van der Waals surface area contributed by atoms with Gasteiger partial charge >= 0.3 is 17.9 Å². The van der Waals surface area contributed by atoms with Crippen molar-refractivity contribution in [3.05, 3.63) is 72.9 Å². The second kappa shape index (κ2) is 58.4. The van der Waals surface area contributed by atoms with Crippen LogP contribution in [0.4, 0.5) is 0 Å². The van der Waals surface area contributed by atoms with Crippen molar-refractivity contribution in [1.29, 1.82) is 0 Å². The molecular weight excluding hydrogens is 865 g/mol. The summed E-state index contributed by atoms with van der Waals surface area (Å²) in [5.74, 6) is -0.967. The van der Waals surface area contributed by atoms with Gasteiger partial charge in [-0.3, -0.25) is 14.4 Å². The van der Waals surface area contributed by atoms with Crippen LogP contribution >= 0.6 is 0 Å². The van der Waals surface area contributed by atoms with Crippen molar-refractivity contribution in [2.75, 3.05) is 13.2 Å². The maximum Gasteiger partial charge on any atom is 0.306 e. The molecule has 0 bridgehead atoms. The normalized spacial score (nSPS) is 12.6. The zero-order valence-electron chi connectivity index (χ0n) is 46.3. The summed E-state index contributed by atoms with van der Waals surface area (Å²) in [5, 5.41) is 0. The second-order valence-electron chi connectivity index (χ2n) is 19.9. The predicted molar refractivity (Wildman–Crippen MR) is 302 cm³/mol. The van der Waals surface area contributed by atoms with Gasteiger partial charge in [-0.25, -0.2) is 0 Å². The van der Waals surface area contributed by atoms with Gasteiger partial charge in [-0.2, -0.15) is 0 Å². The zero-order chi connectivity index (χ0) is 50.7. The van der Waals surface area contributed by atoms with Gasteiger partial charge in [0.15, 0.2) is 6.10 Å². The van der Waals surface area contributed by atoms with Crippen molar-refractivity contribution in [3.63, 3.8) is 0 Å². The molecule has 0 aromatic rings. The van der Waals surface area contributed by atoms with Crippen LogP contribution in [0.3, 0.4) is 0 Å². The molecule has 0 aliphatic carbocycles. The highest BCUT2D eigenvalue weighted by Gasteiger charge is 2.19. The maximum absolute atomic E-state index is 12.9. The van der Waals surface area contributed by atoms with Gasteiger partial charge in [0.05, 0.1) is 0 Å². The molecule has 0 unspecified atom stereocenters. The van der Waals surface area contributed by atoms with E-state index in [2.05, 4.69) is 87.6 Å². The van der Waals surface area contributed by atoms with Gasteiger partial charge in [-0.05, 0) is 57.8 Å². The SMILES string of the molecule is CC/C=C\C/C=C\C/C=C\C/C=C\C/C=C\C/C=C\CCC(=O)OC[C@@H](COC(=O)CCCCCCCCCCCCCCCCCC)OC(=O)CCCCCCCCCCCCCCCCCCC. The van der Waals surface area contributed by atoms with Crippen LogP contribution in [0, 0.1) is 0 Å². The van der Waals surface area contributed by atoms with Gasteiger partial charge in [-0.15, -0.1) is 0 Å². The monoisotopic (exact) mass is 977 g/mol. The first-order valence-electron chi connectivity index (χ1n) is 29.9. The smallest absolute Gasteiger partial charge is 0.306 e. The van der Waals surface area contributed by atoms with Crippen LogP contribution in [0.15, 0.2) is 72.9 Å². The van der Waals surface area contributed by atoms with Crippen LogP contribution in [-0.4, -0.2) is 37.2 Å². The Kier molecular flexibility index (Phi) is 55.8. The van der Waals surface area contributed by atoms with Crippen LogP contribution in [0.5, 0.6) is 0 Å². The lowest BCUT2D eigenvalue weighted by molar-refractivity contribution is -0.166. The molecule has 6 heteroatoms. The van der Waals surface area contributed by atoms with E-state index in [9.17, 15) is 14.4 Å². The summed E-state index contributed by atoms with van der Waals surface area (Å²) < 4.78 is 16.8.